The summed E-state index contributed by atoms with van der Waals surface area (Å²) in [6.45, 7) is 2.18. The Labute approximate surface area is 236 Å². The number of aryl methyl sites for hydroxylation is 1. The second-order valence-electron chi connectivity index (χ2n) is 10.4. The minimum Gasteiger partial charge on any atom is -0.355 e. The van der Waals surface area contributed by atoms with Crippen molar-refractivity contribution in [3.05, 3.63) is 139 Å². The number of thiophene rings is 1. The summed E-state index contributed by atoms with van der Waals surface area (Å²) >= 11 is 1.90. The number of hydrogen-bond acceptors (Lipinski definition) is 2. The van der Waals surface area contributed by atoms with E-state index in [9.17, 15) is 0 Å². The molecule has 3 heteroatoms. The van der Waals surface area contributed by atoms with Crippen LogP contribution in [0.25, 0.3) is 58.8 Å². The zero-order valence-electron chi connectivity index (χ0n) is 22.1. The number of aromatic nitrogens is 1. The number of fused-ring (bicyclic) bond motifs is 6. The number of nitrogens with one attached hydrogen (secondary N) is 1. The molecule has 6 aromatic carbocycles. The summed E-state index contributed by atoms with van der Waals surface area (Å²) in [6, 6.07) is 48.1. The fraction of sp³-hybridized carbons (Fsp3) is 0.0270. The van der Waals surface area contributed by atoms with E-state index in [0.29, 0.717) is 0 Å². The second-order valence-corrected chi connectivity index (χ2v) is 11.4. The van der Waals surface area contributed by atoms with Crippen molar-refractivity contribution in [3.8, 4) is 16.8 Å². The monoisotopic (exact) mass is 530 g/mol. The molecule has 2 aromatic heterocycles. The maximum absolute atomic E-state index is 3.62. The van der Waals surface area contributed by atoms with E-state index >= 15 is 0 Å². The Balaban J connectivity index is 1.37. The van der Waals surface area contributed by atoms with Crippen molar-refractivity contribution in [1.29, 1.82) is 0 Å². The van der Waals surface area contributed by atoms with Gasteiger partial charge in [-0.15, -0.1) is 11.3 Å². The maximum Gasteiger partial charge on any atom is 0.0727 e. The minimum atomic E-state index is 1.09. The zero-order chi connectivity index (χ0) is 26.6. The largest absolute Gasteiger partial charge is 0.355 e. The molecule has 0 fully saturated rings. The Bertz CT molecular complexity index is 2190. The van der Waals surface area contributed by atoms with Gasteiger partial charge in [-0.25, -0.2) is 0 Å². The summed E-state index contributed by atoms with van der Waals surface area (Å²) in [6.07, 6.45) is 0. The molecular formula is C37H26N2S. The highest BCUT2D eigenvalue weighted by atomic mass is 32.1. The highest BCUT2D eigenvalue weighted by molar-refractivity contribution is 7.26. The highest BCUT2D eigenvalue weighted by Crippen LogP contribution is 2.44. The lowest BCUT2D eigenvalue weighted by Gasteiger charge is -2.13. The van der Waals surface area contributed by atoms with Crippen LogP contribution in [0.4, 0.5) is 11.4 Å². The van der Waals surface area contributed by atoms with E-state index in [4.69, 9.17) is 0 Å². The van der Waals surface area contributed by atoms with Crippen LogP contribution in [-0.2, 0) is 0 Å². The Kier molecular flexibility index (Phi) is 5.26. The third-order valence-corrected chi connectivity index (χ3v) is 9.02. The van der Waals surface area contributed by atoms with E-state index < -0.39 is 0 Å². The SMILES string of the molecule is Cc1ccc2sc3c4cc(-c5cccc6c(Nc7ccccc7)cccc56)ccc4n(-c4ccccc4)c3c2c1. The fourth-order valence-electron chi connectivity index (χ4n) is 6.00. The van der Waals surface area contributed by atoms with Gasteiger partial charge in [-0.05, 0) is 78.0 Å². The lowest BCUT2D eigenvalue weighted by molar-refractivity contribution is 1.19. The first-order chi connectivity index (χ1) is 19.7. The van der Waals surface area contributed by atoms with Gasteiger partial charge in [-0.3, -0.25) is 0 Å². The molecule has 0 amide bonds. The predicted molar refractivity (Wildman–Crippen MR) is 174 cm³/mol. The molecule has 0 radical (unpaired) electrons. The molecule has 1 N–H and O–H groups in total. The van der Waals surface area contributed by atoms with Crippen LogP contribution in [0.3, 0.4) is 0 Å². The molecule has 40 heavy (non-hydrogen) atoms. The summed E-state index contributed by atoms with van der Waals surface area (Å²) in [5.74, 6) is 0. The summed E-state index contributed by atoms with van der Waals surface area (Å²) in [4.78, 5) is 0. The molecular weight excluding hydrogens is 504 g/mol. The van der Waals surface area contributed by atoms with Crippen molar-refractivity contribution in [2.75, 3.05) is 5.32 Å². The number of nitrogens with zero attached hydrogens (tertiary/aromatic N) is 1. The zero-order valence-corrected chi connectivity index (χ0v) is 22.9. The van der Waals surface area contributed by atoms with Crippen molar-refractivity contribution in [2.45, 2.75) is 6.92 Å². The van der Waals surface area contributed by atoms with Gasteiger partial charge in [-0.1, -0.05) is 84.4 Å². The van der Waals surface area contributed by atoms with Gasteiger partial charge in [0.2, 0.25) is 0 Å². The van der Waals surface area contributed by atoms with Crippen molar-refractivity contribution in [2.24, 2.45) is 0 Å². The second kappa shape index (κ2) is 9.11. The minimum absolute atomic E-state index is 1.09. The van der Waals surface area contributed by atoms with Crippen molar-refractivity contribution in [3.63, 3.8) is 0 Å². The van der Waals surface area contributed by atoms with Gasteiger partial charge in [0.05, 0.1) is 15.7 Å². The van der Waals surface area contributed by atoms with E-state index in [-0.39, 0.29) is 0 Å². The van der Waals surface area contributed by atoms with E-state index in [1.165, 1.54) is 64.4 Å². The quantitative estimate of drug-likeness (QED) is 0.239. The molecule has 0 aliphatic heterocycles. The Morgan fingerprint density at radius 3 is 2.23 bits per heavy atom. The molecule has 0 spiro atoms. The molecule has 0 unspecified atom stereocenters. The Morgan fingerprint density at radius 1 is 0.600 bits per heavy atom. The van der Waals surface area contributed by atoms with E-state index in [0.717, 1.165) is 11.4 Å². The molecule has 2 heterocycles. The van der Waals surface area contributed by atoms with Gasteiger partial charge in [0.15, 0.2) is 0 Å². The lowest BCUT2D eigenvalue weighted by atomic mass is 9.96. The van der Waals surface area contributed by atoms with Crippen LogP contribution in [0.5, 0.6) is 0 Å². The molecule has 0 aliphatic rings. The van der Waals surface area contributed by atoms with Crippen molar-refractivity contribution < 1.29 is 0 Å². The van der Waals surface area contributed by atoms with Crippen LogP contribution in [0.1, 0.15) is 5.56 Å². The molecule has 8 aromatic rings. The number of benzene rings is 6. The molecule has 8 rings (SSSR count). The lowest BCUT2D eigenvalue weighted by Crippen LogP contribution is -1.93. The summed E-state index contributed by atoms with van der Waals surface area (Å²) in [5, 5.41) is 8.70. The maximum atomic E-state index is 3.62. The standard InChI is InChI=1S/C37H26N2S/c1-24-18-21-35-32(22-24)36-37(40-35)31-23-25(19-20-34(31)39(36)27-12-6-3-7-13-27)28-14-8-16-30-29(28)15-9-17-33(30)38-26-10-4-2-5-11-26/h2-23,38H,1H3. The number of anilines is 2. The van der Waals surface area contributed by atoms with E-state index in [2.05, 4.69) is 144 Å². The van der Waals surface area contributed by atoms with E-state index in [1.54, 1.807) is 0 Å². The Hall–Kier alpha value is -4.86. The summed E-state index contributed by atoms with van der Waals surface area (Å²) in [7, 11) is 0. The van der Waals surface area contributed by atoms with Crippen LogP contribution in [-0.4, -0.2) is 4.57 Å². The first-order valence-electron chi connectivity index (χ1n) is 13.6. The predicted octanol–water partition coefficient (Wildman–Crippen LogP) is 10.9. The van der Waals surface area contributed by atoms with Crippen LogP contribution < -0.4 is 5.32 Å². The van der Waals surface area contributed by atoms with Crippen LogP contribution in [0.15, 0.2) is 133 Å². The molecule has 2 nitrogen and oxygen atoms in total. The van der Waals surface area contributed by atoms with Crippen LogP contribution in [0, 0.1) is 6.92 Å². The third-order valence-electron chi connectivity index (χ3n) is 7.82. The molecule has 0 atom stereocenters. The first kappa shape index (κ1) is 23.1. The molecule has 0 bridgehead atoms. The van der Waals surface area contributed by atoms with Crippen molar-refractivity contribution in [1.82, 2.24) is 4.57 Å². The number of para-hydroxylation sites is 2. The third kappa shape index (κ3) is 3.63. The number of rotatable bonds is 4. The van der Waals surface area contributed by atoms with Gasteiger partial charge in [0.25, 0.3) is 0 Å². The van der Waals surface area contributed by atoms with Gasteiger partial charge in [-0.2, -0.15) is 0 Å². The molecule has 190 valence electrons. The van der Waals surface area contributed by atoms with Gasteiger partial charge in [0.1, 0.15) is 0 Å². The van der Waals surface area contributed by atoms with Gasteiger partial charge >= 0.3 is 0 Å². The van der Waals surface area contributed by atoms with Crippen molar-refractivity contribution >= 4 is 64.7 Å². The number of hydrogen-bond donors (Lipinski definition) is 1. The smallest absolute Gasteiger partial charge is 0.0727 e. The average molecular weight is 531 g/mol. The fourth-order valence-corrected chi connectivity index (χ4v) is 7.19. The van der Waals surface area contributed by atoms with Gasteiger partial charge < -0.3 is 9.88 Å². The van der Waals surface area contributed by atoms with Crippen LogP contribution in [0.2, 0.25) is 0 Å². The van der Waals surface area contributed by atoms with E-state index in [1.807, 2.05) is 17.4 Å². The van der Waals surface area contributed by atoms with Crippen LogP contribution >= 0.6 is 11.3 Å². The average Bonchev–Trinajstić information content (AvgIpc) is 3.52. The molecule has 0 aliphatic carbocycles. The first-order valence-corrected chi connectivity index (χ1v) is 14.4. The summed E-state index contributed by atoms with van der Waals surface area (Å²) in [5.41, 5.74) is 9.70. The topological polar surface area (TPSA) is 17.0 Å². The molecule has 0 saturated heterocycles. The van der Waals surface area contributed by atoms with Gasteiger partial charge in [0, 0.05) is 37.9 Å². The Morgan fingerprint density at radius 2 is 1.38 bits per heavy atom. The molecule has 0 saturated carbocycles. The normalized spacial score (nSPS) is 11.6. The highest BCUT2D eigenvalue weighted by Gasteiger charge is 2.19. The summed E-state index contributed by atoms with van der Waals surface area (Å²) < 4.78 is 5.11.